The average Bonchev–Trinajstić information content (AvgIpc) is 2.81. The lowest BCUT2D eigenvalue weighted by atomic mass is 10.1. The molecule has 0 radical (unpaired) electrons. The molecule has 0 aromatic heterocycles. The smallest absolute Gasteiger partial charge is 0.244 e. The summed E-state index contributed by atoms with van der Waals surface area (Å²) in [5, 5.41) is 11.6. The number of ether oxygens (including phenoxy) is 1. The van der Waals surface area contributed by atoms with Gasteiger partial charge in [-0.3, -0.25) is 4.79 Å². The molecule has 0 aliphatic carbocycles. The fraction of sp³-hybridized carbons (Fsp3) is 0.357. The zero-order valence-electron chi connectivity index (χ0n) is 10.3. The number of aliphatic hydroxyl groups is 1. The molecule has 4 nitrogen and oxygen atoms in total. The van der Waals surface area contributed by atoms with Crippen LogP contribution >= 0.6 is 0 Å². The molecule has 1 atom stereocenters. The first-order chi connectivity index (χ1) is 8.65. The van der Waals surface area contributed by atoms with Crippen LogP contribution in [-0.4, -0.2) is 30.3 Å². The first-order valence-corrected chi connectivity index (χ1v) is 6.05. The van der Waals surface area contributed by atoms with Gasteiger partial charge in [0, 0.05) is 19.0 Å². The Morgan fingerprint density at radius 2 is 2.44 bits per heavy atom. The minimum atomic E-state index is -0.528. The van der Waals surface area contributed by atoms with Crippen LogP contribution in [0.1, 0.15) is 18.1 Å². The van der Waals surface area contributed by atoms with Crippen LogP contribution in [0.15, 0.2) is 24.3 Å². The van der Waals surface area contributed by atoms with Crippen molar-refractivity contribution in [1.29, 1.82) is 0 Å². The molecule has 4 heteroatoms. The zero-order chi connectivity index (χ0) is 13.0. The first-order valence-electron chi connectivity index (χ1n) is 6.05. The molecule has 96 valence electrons. The van der Waals surface area contributed by atoms with E-state index in [1.807, 2.05) is 18.2 Å². The summed E-state index contributed by atoms with van der Waals surface area (Å²) in [5.74, 6) is 0.735. The van der Waals surface area contributed by atoms with E-state index in [4.69, 9.17) is 9.84 Å². The fourth-order valence-corrected chi connectivity index (χ4v) is 1.79. The third-order valence-corrected chi connectivity index (χ3v) is 2.71. The van der Waals surface area contributed by atoms with E-state index in [9.17, 15) is 4.79 Å². The molecule has 1 aliphatic rings. The van der Waals surface area contributed by atoms with Crippen molar-refractivity contribution in [3.63, 3.8) is 0 Å². The van der Waals surface area contributed by atoms with Crippen molar-refractivity contribution in [2.45, 2.75) is 19.4 Å². The summed E-state index contributed by atoms with van der Waals surface area (Å²) >= 11 is 0. The van der Waals surface area contributed by atoms with Crippen molar-refractivity contribution < 1.29 is 14.6 Å². The normalized spacial score (nSPS) is 15.2. The van der Waals surface area contributed by atoms with Crippen molar-refractivity contribution in [3.05, 3.63) is 35.4 Å². The van der Waals surface area contributed by atoms with Crippen LogP contribution in [0.3, 0.4) is 0 Å². The summed E-state index contributed by atoms with van der Waals surface area (Å²) in [6.07, 6.45) is 3.63. The SMILES string of the molecule is C[C@H](O)CNC(=O)/C=C/c1ccc2c(c1)CCO2. The number of carbonyl (C=O) groups excluding carboxylic acids is 1. The van der Waals surface area contributed by atoms with E-state index in [0.717, 1.165) is 24.3 Å². The van der Waals surface area contributed by atoms with Gasteiger partial charge in [0.25, 0.3) is 0 Å². The lowest BCUT2D eigenvalue weighted by molar-refractivity contribution is -0.116. The molecule has 1 aromatic carbocycles. The summed E-state index contributed by atoms with van der Waals surface area (Å²) in [6.45, 7) is 2.63. The Kier molecular flexibility index (Phi) is 3.99. The molecule has 2 rings (SSSR count). The highest BCUT2D eigenvalue weighted by Crippen LogP contribution is 2.26. The largest absolute Gasteiger partial charge is 0.493 e. The van der Waals surface area contributed by atoms with Crippen LogP contribution in [0.25, 0.3) is 6.08 Å². The Morgan fingerprint density at radius 1 is 1.61 bits per heavy atom. The Hall–Kier alpha value is -1.81. The van der Waals surface area contributed by atoms with Crippen molar-refractivity contribution in [3.8, 4) is 5.75 Å². The van der Waals surface area contributed by atoms with Gasteiger partial charge < -0.3 is 15.2 Å². The van der Waals surface area contributed by atoms with Crippen molar-refractivity contribution in [1.82, 2.24) is 5.32 Å². The van der Waals surface area contributed by atoms with Gasteiger partial charge >= 0.3 is 0 Å². The van der Waals surface area contributed by atoms with Gasteiger partial charge in [-0.25, -0.2) is 0 Å². The van der Waals surface area contributed by atoms with E-state index in [-0.39, 0.29) is 12.5 Å². The van der Waals surface area contributed by atoms with Crippen LogP contribution in [0.4, 0.5) is 0 Å². The topological polar surface area (TPSA) is 58.6 Å². The molecule has 18 heavy (non-hydrogen) atoms. The predicted octanol–water partition coefficient (Wildman–Crippen LogP) is 1.13. The monoisotopic (exact) mass is 247 g/mol. The molecule has 2 N–H and O–H groups in total. The molecule has 0 unspecified atom stereocenters. The number of carbonyl (C=O) groups is 1. The number of nitrogens with one attached hydrogen (secondary N) is 1. The fourth-order valence-electron chi connectivity index (χ4n) is 1.79. The van der Waals surface area contributed by atoms with Crippen LogP contribution in [0.5, 0.6) is 5.75 Å². The Balaban J connectivity index is 1.94. The molecule has 1 aliphatic heterocycles. The van der Waals surface area contributed by atoms with E-state index in [1.54, 1.807) is 13.0 Å². The first kappa shape index (κ1) is 12.6. The lowest BCUT2D eigenvalue weighted by Crippen LogP contribution is -2.28. The highest BCUT2D eigenvalue weighted by Gasteiger charge is 2.11. The maximum Gasteiger partial charge on any atom is 0.244 e. The van der Waals surface area contributed by atoms with Crippen LogP contribution in [0.2, 0.25) is 0 Å². The summed E-state index contributed by atoms with van der Waals surface area (Å²) < 4.78 is 5.41. The van der Waals surface area contributed by atoms with Gasteiger partial charge in [0.05, 0.1) is 12.7 Å². The maximum atomic E-state index is 11.4. The van der Waals surface area contributed by atoms with Gasteiger partial charge in [0.1, 0.15) is 5.75 Å². The molecule has 1 aromatic rings. The predicted molar refractivity (Wildman–Crippen MR) is 69.4 cm³/mol. The highest BCUT2D eigenvalue weighted by molar-refractivity contribution is 5.91. The minimum absolute atomic E-state index is 0.201. The van der Waals surface area contributed by atoms with E-state index in [0.29, 0.717) is 0 Å². The quantitative estimate of drug-likeness (QED) is 0.784. The Morgan fingerprint density at radius 3 is 3.22 bits per heavy atom. The maximum absolute atomic E-state index is 11.4. The highest BCUT2D eigenvalue weighted by atomic mass is 16.5. The molecular weight excluding hydrogens is 230 g/mol. The number of amides is 1. The summed E-state index contributed by atoms with van der Waals surface area (Å²) in [5.41, 5.74) is 2.16. The number of fused-ring (bicyclic) bond motifs is 1. The molecular formula is C14H17NO3. The van der Waals surface area contributed by atoms with E-state index < -0.39 is 6.10 Å². The van der Waals surface area contributed by atoms with Crippen molar-refractivity contribution >= 4 is 12.0 Å². The van der Waals surface area contributed by atoms with Gasteiger partial charge in [-0.1, -0.05) is 6.07 Å². The number of aliphatic hydroxyl groups excluding tert-OH is 1. The number of hydrogen-bond acceptors (Lipinski definition) is 3. The average molecular weight is 247 g/mol. The Bertz CT molecular complexity index is 466. The molecule has 1 heterocycles. The second kappa shape index (κ2) is 5.69. The third kappa shape index (κ3) is 3.34. The van der Waals surface area contributed by atoms with Gasteiger partial charge in [0.15, 0.2) is 0 Å². The van der Waals surface area contributed by atoms with Gasteiger partial charge in [-0.05, 0) is 36.3 Å². The van der Waals surface area contributed by atoms with Crippen LogP contribution in [-0.2, 0) is 11.2 Å². The zero-order valence-corrected chi connectivity index (χ0v) is 10.3. The summed E-state index contributed by atoms with van der Waals surface area (Å²) in [7, 11) is 0. The van der Waals surface area contributed by atoms with E-state index in [2.05, 4.69) is 5.32 Å². The number of hydrogen-bond donors (Lipinski definition) is 2. The molecule has 0 bridgehead atoms. The molecule has 0 saturated carbocycles. The van der Waals surface area contributed by atoms with Gasteiger partial charge in [-0.2, -0.15) is 0 Å². The molecule has 0 spiro atoms. The summed E-state index contributed by atoms with van der Waals surface area (Å²) in [4.78, 5) is 11.4. The van der Waals surface area contributed by atoms with Gasteiger partial charge in [0.2, 0.25) is 5.91 Å². The molecule has 0 fully saturated rings. The third-order valence-electron chi connectivity index (χ3n) is 2.71. The van der Waals surface area contributed by atoms with Gasteiger partial charge in [-0.15, -0.1) is 0 Å². The van der Waals surface area contributed by atoms with E-state index >= 15 is 0 Å². The molecule has 1 amide bonds. The van der Waals surface area contributed by atoms with Crippen molar-refractivity contribution in [2.24, 2.45) is 0 Å². The van der Waals surface area contributed by atoms with Crippen molar-refractivity contribution in [2.75, 3.05) is 13.2 Å². The van der Waals surface area contributed by atoms with Crippen LogP contribution < -0.4 is 10.1 Å². The lowest BCUT2D eigenvalue weighted by Gasteiger charge is -2.04. The second-order valence-electron chi connectivity index (χ2n) is 4.39. The Labute approximate surface area is 106 Å². The standard InChI is InChI=1S/C14H17NO3/c1-10(16)9-15-14(17)5-3-11-2-4-13-12(8-11)6-7-18-13/h2-5,8,10,16H,6-7,9H2,1H3,(H,15,17)/b5-3+/t10-/m0/s1. The van der Waals surface area contributed by atoms with E-state index in [1.165, 1.54) is 11.6 Å². The van der Waals surface area contributed by atoms with Crippen LogP contribution in [0, 0.1) is 0 Å². The second-order valence-corrected chi connectivity index (χ2v) is 4.39. The number of rotatable bonds is 4. The molecule has 0 saturated heterocycles. The summed E-state index contributed by atoms with van der Waals surface area (Å²) in [6, 6.07) is 5.87. The number of benzene rings is 1. The minimum Gasteiger partial charge on any atom is -0.493 e.